The van der Waals surface area contributed by atoms with E-state index in [1.54, 1.807) is 0 Å². The minimum absolute atomic E-state index is 0.626. The van der Waals surface area contributed by atoms with Crippen molar-refractivity contribution in [3.63, 3.8) is 0 Å². The highest BCUT2D eigenvalue weighted by molar-refractivity contribution is 7.99. The van der Waals surface area contributed by atoms with Crippen LogP contribution >= 0.6 is 11.8 Å². The Labute approximate surface area is 106 Å². The molecule has 0 bridgehead atoms. The Bertz CT molecular complexity index is 185. The highest BCUT2D eigenvalue weighted by Gasteiger charge is 2.22. The third-order valence-corrected chi connectivity index (χ3v) is 4.53. The molecule has 2 atom stereocenters. The van der Waals surface area contributed by atoms with Crippen LogP contribution in [0.5, 0.6) is 0 Å². The van der Waals surface area contributed by atoms with Gasteiger partial charge in [0.25, 0.3) is 0 Å². The van der Waals surface area contributed by atoms with Crippen LogP contribution in [0.3, 0.4) is 0 Å². The fraction of sp³-hybridized carbons (Fsp3) is 1.00. The second-order valence-corrected chi connectivity index (χ2v) is 6.41. The molecule has 96 valence electrons. The van der Waals surface area contributed by atoms with Gasteiger partial charge >= 0.3 is 0 Å². The van der Waals surface area contributed by atoms with Crippen LogP contribution in [0.25, 0.3) is 0 Å². The second kappa shape index (κ2) is 7.57. The molecule has 2 nitrogen and oxygen atoms in total. The van der Waals surface area contributed by atoms with Crippen molar-refractivity contribution in [2.75, 3.05) is 24.6 Å². The fourth-order valence-corrected chi connectivity index (χ4v) is 3.39. The Morgan fingerprint density at radius 3 is 2.75 bits per heavy atom. The molecule has 1 N–H and O–H groups in total. The number of nitrogens with zero attached hydrogens (tertiary/aromatic N) is 1. The highest BCUT2D eigenvalue weighted by atomic mass is 32.2. The summed E-state index contributed by atoms with van der Waals surface area (Å²) >= 11 is 2.10. The van der Waals surface area contributed by atoms with Crippen molar-refractivity contribution in [1.82, 2.24) is 10.2 Å². The van der Waals surface area contributed by atoms with Crippen LogP contribution in [0.4, 0.5) is 0 Å². The summed E-state index contributed by atoms with van der Waals surface area (Å²) in [6.45, 7) is 11.6. The Balaban J connectivity index is 2.15. The molecule has 3 heteroatoms. The molecule has 16 heavy (non-hydrogen) atoms. The van der Waals surface area contributed by atoms with Gasteiger partial charge in [-0.1, -0.05) is 13.8 Å². The molecule has 0 aromatic rings. The van der Waals surface area contributed by atoms with E-state index in [-0.39, 0.29) is 0 Å². The third-order valence-electron chi connectivity index (χ3n) is 3.34. The quantitative estimate of drug-likeness (QED) is 0.723. The van der Waals surface area contributed by atoms with Crippen LogP contribution < -0.4 is 5.32 Å². The van der Waals surface area contributed by atoms with Gasteiger partial charge in [-0.25, -0.2) is 0 Å². The van der Waals surface area contributed by atoms with Crippen molar-refractivity contribution in [2.45, 2.75) is 58.7 Å². The molecule has 1 saturated heterocycles. The normalized spacial score (nSPS) is 24.9. The van der Waals surface area contributed by atoms with Gasteiger partial charge in [-0.15, -0.1) is 0 Å². The molecule has 0 amide bonds. The Hall–Kier alpha value is 0.270. The minimum Gasteiger partial charge on any atom is -0.315 e. The van der Waals surface area contributed by atoms with Gasteiger partial charge in [-0.2, -0.15) is 11.8 Å². The van der Waals surface area contributed by atoms with E-state index in [2.05, 4.69) is 49.7 Å². The largest absolute Gasteiger partial charge is 0.315 e. The van der Waals surface area contributed by atoms with Gasteiger partial charge in [-0.05, 0) is 33.2 Å². The van der Waals surface area contributed by atoms with Crippen molar-refractivity contribution in [3.05, 3.63) is 0 Å². The average molecular weight is 244 g/mol. The molecular weight excluding hydrogens is 216 g/mol. The number of hydrogen-bond acceptors (Lipinski definition) is 3. The highest BCUT2D eigenvalue weighted by Crippen LogP contribution is 2.20. The molecule has 0 aromatic carbocycles. The van der Waals surface area contributed by atoms with Crippen LogP contribution in [0, 0.1) is 0 Å². The van der Waals surface area contributed by atoms with Crippen molar-refractivity contribution in [2.24, 2.45) is 0 Å². The summed E-state index contributed by atoms with van der Waals surface area (Å²) in [4.78, 5) is 2.69. The molecule has 0 aromatic heterocycles. The standard InChI is InChI=1S/C13H28N2S/c1-11(2)14-7-5-6-12(3)15-8-9-16-10-13(15)4/h11-14H,5-10H2,1-4H3. The molecule has 0 spiro atoms. The molecule has 2 unspecified atom stereocenters. The van der Waals surface area contributed by atoms with Crippen LogP contribution in [-0.2, 0) is 0 Å². The van der Waals surface area contributed by atoms with Crippen LogP contribution in [0.2, 0.25) is 0 Å². The van der Waals surface area contributed by atoms with Crippen LogP contribution in [0.1, 0.15) is 40.5 Å². The molecule has 1 aliphatic heterocycles. The maximum atomic E-state index is 3.49. The summed E-state index contributed by atoms with van der Waals surface area (Å²) in [6.07, 6.45) is 2.63. The summed E-state index contributed by atoms with van der Waals surface area (Å²) in [7, 11) is 0. The lowest BCUT2D eigenvalue weighted by Gasteiger charge is -2.37. The zero-order valence-corrected chi connectivity index (χ0v) is 12.1. The summed E-state index contributed by atoms with van der Waals surface area (Å²) < 4.78 is 0. The first-order chi connectivity index (χ1) is 7.61. The smallest absolute Gasteiger partial charge is 0.0161 e. The molecule has 1 fully saturated rings. The molecule has 0 aliphatic carbocycles. The summed E-state index contributed by atoms with van der Waals surface area (Å²) in [5, 5.41) is 3.49. The van der Waals surface area contributed by atoms with E-state index in [4.69, 9.17) is 0 Å². The lowest BCUT2D eigenvalue weighted by Crippen LogP contribution is -2.46. The molecule has 0 saturated carbocycles. The summed E-state index contributed by atoms with van der Waals surface area (Å²) in [5.74, 6) is 2.63. The Morgan fingerprint density at radius 2 is 2.12 bits per heavy atom. The van der Waals surface area contributed by atoms with Gasteiger partial charge in [0.05, 0.1) is 0 Å². The van der Waals surface area contributed by atoms with E-state index in [1.807, 2.05) is 0 Å². The molecule has 1 aliphatic rings. The number of hydrogen-bond donors (Lipinski definition) is 1. The van der Waals surface area contributed by atoms with Crippen LogP contribution in [0.15, 0.2) is 0 Å². The maximum Gasteiger partial charge on any atom is 0.0161 e. The van der Waals surface area contributed by atoms with Gasteiger partial charge in [-0.3, -0.25) is 4.90 Å². The lowest BCUT2D eigenvalue weighted by atomic mass is 10.1. The summed E-state index contributed by atoms with van der Waals surface area (Å²) in [5.41, 5.74) is 0. The summed E-state index contributed by atoms with van der Waals surface area (Å²) in [6, 6.07) is 2.15. The molecule has 1 heterocycles. The fourth-order valence-electron chi connectivity index (χ4n) is 2.35. The van der Waals surface area contributed by atoms with Crippen LogP contribution in [-0.4, -0.2) is 47.6 Å². The van der Waals surface area contributed by atoms with Crippen molar-refractivity contribution in [1.29, 1.82) is 0 Å². The number of rotatable bonds is 6. The SMILES string of the molecule is CC(C)NCCCC(C)N1CCSCC1C. The Morgan fingerprint density at radius 1 is 1.38 bits per heavy atom. The molecule has 1 rings (SSSR count). The van der Waals surface area contributed by atoms with Gasteiger partial charge in [0.1, 0.15) is 0 Å². The molecule has 0 radical (unpaired) electrons. The van der Waals surface area contributed by atoms with E-state index in [1.165, 1.54) is 37.4 Å². The lowest BCUT2D eigenvalue weighted by molar-refractivity contribution is 0.163. The van der Waals surface area contributed by atoms with E-state index < -0.39 is 0 Å². The van der Waals surface area contributed by atoms with Crippen molar-refractivity contribution >= 4 is 11.8 Å². The zero-order valence-electron chi connectivity index (χ0n) is 11.3. The van der Waals surface area contributed by atoms with Crippen molar-refractivity contribution < 1.29 is 0 Å². The monoisotopic (exact) mass is 244 g/mol. The van der Waals surface area contributed by atoms with E-state index in [0.29, 0.717) is 6.04 Å². The molecular formula is C13H28N2S. The second-order valence-electron chi connectivity index (χ2n) is 5.26. The van der Waals surface area contributed by atoms with Crippen molar-refractivity contribution in [3.8, 4) is 0 Å². The van der Waals surface area contributed by atoms with E-state index in [0.717, 1.165) is 12.1 Å². The Kier molecular flexibility index (Phi) is 6.78. The first-order valence-electron chi connectivity index (χ1n) is 6.68. The van der Waals surface area contributed by atoms with Gasteiger partial charge in [0, 0.05) is 36.2 Å². The van der Waals surface area contributed by atoms with Gasteiger partial charge < -0.3 is 5.32 Å². The zero-order chi connectivity index (χ0) is 12.0. The predicted octanol–water partition coefficient (Wildman–Crippen LogP) is 2.59. The predicted molar refractivity (Wildman–Crippen MR) is 75.3 cm³/mol. The first kappa shape index (κ1) is 14.3. The topological polar surface area (TPSA) is 15.3 Å². The van der Waals surface area contributed by atoms with Gasteiger partial charge in [0.15, 0.2) is 0 Å². The first-order valence-corrected chi connectivity index (χ1v) is 7.83. The van der Waals surface area contributed by atoms with E-state index >= 15 is 0 Å². The maximum absolute atomic E-state index is 3.49. The number of nitrogens with one attached hydrogen (secondary N) is 1. The van der Waals surface area contributed by atoms with E-state index in [9.17, 15) is 0 Å². The number of thioether (sulfide) groups is 1. The van der Waals surface area contributed by atoms with Gasteiger partial charge in [0.2, 0.25) is 0 Å². The average Bonchev–Trinajstić information content (AvgIpc) is 2.24. The minimum atomic E-state index is 0.626. The third kappa shape index (κ3) is 5.07.